The van der Waals surface area contributed by atoms with E-state index in [0.717, 1.165) is 38.0 Å². The molecule has 0 amide bonds. The molecule has 0 N–H and O–H groups in total. The molecular weight excluding hydrogens is 472 g/mol. The molecule has 1 aliphatic heterocycles. The molecule has 38 heavy (non-hydrogen) atoms. The number of carbonyl (C=O) groups excluding carboxylic acids is 3. The number of fused-ring (bicyclic) bond motifs is 9. The third kappa shape index (κ3) is 4.43. The summed E-state index contributed by atoms with van der Waals surface area (Å²) in [5.41, 5.74) is 0.0102. The van der Waals surface area contributed by atoms with Crippen LogP contribution < -0.4 is 0 Å². The molecule has 0 aromatic heterocycles. The molecule has 4 aliphatic carbocycles. The topological polar surface area (TPSA) is 60.4 Å². The predicted octanol–water partition coefficient (Wildman–Crippen LogP) is 7.73. The monoisotopic (exact) mass is 526 g/mol. The molecule has 4 bridgehead atoms. The molecule has 4 nitrogen and oxygen atoms in total. The number of hydrogen-bond donors (Lipinski definition) is 0. The second kappa shape index (κ2) is 9.44. The molecule has 214 valence electrons. The molecule has 0 spiro atoms. The van der Waals surface area contributed by atoms with E-state index in [1.807, 2.05) is 0 Å². The Morgan fingerprint density at radius 1 is 0.842 bits per heavy atom. The highest BCUT2D eigenvalue weighted by atomic mass is 16.6. The van der Waals surface area contributed by atoms with Crippen molar-refractivity contribution in [3.8, 4) is 0 Å². The van der Waals surface area contributed by atoms with Crippen molar-refractivity contribution in [2.45, 2.75) is 114 Å². The Morgan fingerprint density at radius 3 is 2.13 bits per heavy atom. The van der Waals surface area contributed by atoms with Crippen LogP contribution >= 0.6 is 0 Å². The van der Waals surface area contributed by atoms with Gasteiger partial charge in [0.2, 0.25) is 0 Å². The standard InChI is InChI=1S/C34H54O4/c1-10-12-34(8,9)29-24(30(36)38-31(29)37)16-22-21-15-23(28(22)33(6,7)11-2)26-18-13-19(20(14-18)27(21)26)25(35)17-32(3,4)5/h18-24,26-29H,10-17H2,1-9H3. The Morgan fingerprint density at radius 2 is 1.53 bits per heavy atom. The molecule has 5 fully saturated rings. The van der Waals surface area contributed by atoms with Crippen molar-refractivity contribution in [3.63, 3.8) is 0 Å². The summed E-state index contributed by atoms with van der Waals surface area (Å²) >= 11 is 0. The van der Waals surface area contributed by atoms with Gasteiger partial charge in [0.25, 0.3) is 0 Å². The predicted molar refractivity (Wildman–Crippen MR) is 150 cm³/mol. The number of rotatable bonds is 9. The Bertz CT molecular complexity index is 969. The van der Waals surface area contributed by atoms with E-state index in [4.69, 9.17) is 4.74 Å². The lowest BCUT2D eigenvalue weighted by Gasteiger charge is -2.51. The molecular formula is C34H54O4. The SMILES string of the molecule is CCCC(C)(C)C1C(=O)OC(=O)C1CC1C2CC(C3C4CC(C(=O)CC(C)(C)C)C(C4)C23)C1C(C)(C)CC. The van der Waals surface area contributed by atoms with Gasteiger partial charge in [0.05, 0.1) is 11.8 Å². The first kappa shape index (κ1) is 28.3. The number of carbonyl (C=O) groups is 3. The van der Waals surface area contributed by atoms with Crippen LogP contribution in [0.5, 0.6) is 0 Å². The lowest BCUT2D eigenvalue weighted by Crippen LogP contribution is -2.47. The minimum Gasteiger partial charge on any atom is -0.393 e. The molecule has 5 aliphatic rings. The Labute approximate surface area is 231 Å². The average Bonchev–Trinajstić information content (AvgIpc) is 3.57. The first-order chi connectivity index (χ1) is 17.6. The lowest BCUT2D eigenvalue weighted by molar-refractivity contribution is -0.154. The maximum Gasteiger partial charge on any atom is 0.318 e. The highest BCUT2D eigenvalue weighted by Gasteiger charge is 2.70. The van der Waals surface area contributed by atoms with Crippen molar-refractivity contribution in [1.82, 2.24) is 0 Å². The Balaban J connectivity index is 1.45. The molecule has 11 unspecified atom stereocenters. The van der Waals surface area contributed by atoms with Gasteiger partial charge in [0, 0.05) is 12.3 Å². The third-order valence-corrected chi connectivity index (χ3v) is 12.5. The third-order valence-electron chi connectivity index (χ3n) is 12.5. The van der Waals surface area contributed by atoms with Crippen molar-refractivity contribution >= 4 is 17.7 Å². The molecule has 0 aromatic carbocycles. The van der Waals surface area contributed by atoms with E-state index in [0.29, 0.717) is 53.6 Å². The maximum absolute atomic E-state index is 13.5. The van der Waals surface area contributed by atoms with E-state index in [9.17, 15) is 14.4 Å². The summed E-state index contributed by atoms with van der Waals surface area (Å²) in [6.07, 6.45) is 8.14. The van der Waals surface area contributed by atoms with Gasteiger partial charge in [-0.05, 0) is 95.7 Å². The fraction of sp³-hybridized carbons (Fsp3) is 0.912. The summed E-state index contributed by atoms with van der Waals surface area (Å²) in [4.78, 5) is 39.7. The van der Waals surface area contributed by atoms with E-state index in [2.05, 4.69) is 62.3 Å². The van der Waals surface area contributed by atoms with Crippen molar-refractivity contribution < 1.29 is 19.1 Å². The highest BCUT2D eigenvalue weighted by Crippen LogP contribution is 2.74. The van der Waals surface area contributed by atoms with Crippen LogP contribution in [-0.2, 0) is 19.1 Å². The quantitative estimate of drug-likeness (QED) is 0.175. The van der Waals surface area contributed by atoms with Gasteiger partial charge in [-0.15, -0.1) is 0 Å². The van der Waals surface area contributed by atoms with Gasteiger partial charge in [-0.2, -0.15) is 0 Å². The van der Waals surface area contributed by atoms with E-state index >= 15 is 0 Å². The number of Topliss-reactive ketones (excluding diaryl/α,β-unsaturated/α-hetero) is 1. The van der Waals surface area contributed by atoms with Crippen LogP contribution in [0, 0.1) is 81.3 Å². The molecule has 11 atom stereocenters. The summed E-state index contributed by atoms with van der Waals surface area (Å²) < 4.78 is 5.37. The second-order valence-corrected chi connectivity index (χ2v) is 16.8. The highest BCUT2D eigenvalue weighted by molar-refractivity contribution is 5.96. The van der Waals surface area contributed by atoms with Gasteiger partial charge in [-0.25, -0.2) is 0 Å². The minimum atomic E-state index is -0.337. The molecule has 1 saturated heterocycles. The van der Waals surface area contributed by atoms with E-state index in [-0.39, 0.29) is 45.9 Å². The van der Waals surface area contributed by atoms with Crippen LogP contribution in [0.2, 0.25) is 0 Å². The molecule has 1 heterocycles. The zero-order chi connectivity index (χ0) is 27.9. The summed E-state index contributed by atoms with van der Waals surface area (Å²) in [6.45, 7) is 20.2. The molecule has 0 radical (unpaired) electrons. The van der Waals surface area contributed by atoms with Gasteiger partial charge >= 0.3 is 11.9 Å². The molecule has 5 rings (SSSR count). The molecule has 4 saturated carbocycles. The average molecular weight is 527 g/mol. The summed E-state index contributed by atoms with van der Waals surface area (Å²) in [7, 11) is 0. The van der Waals surface area contributed by atoms with E-state index in [1.54, 1.807) is 0 Å². The Kier molecular flexibility index (Phi) is 7.04. The molecule has 4 heteroatoms. The number of esters is 2. The van der Waals surface area contributed by atoms with E-state index < -0.39 is 0 Å². The van der Waals surface area contributed by atoms with Crippen molar-refractivity contribution in [1.29, 1.82) is 0 Å². The van der Waals surface area contributed by atoms with Gasteiger partial charge < -0.3 is 4.74 Å². The van der Waals surface area contributed by atoms with Crippen LogP contribution in [0.4, 0.5) is 0 Å². The smallest absolute Gasteiger partial charge is 0.318 e. The normalized spacial score (nSPS) is 42.2. The van der Waals surface area contributed by atoms with Crippen molar-refractivity contribution in [3.05, 3.63) is 0 Å². The number of ketones is 1. The summed E-state index contributed by atoms with van der Waals surface area (Å²) in [6, 6.07) is 0. The minimum absolute atomic E-state index is 0.0431. The van der Waals surface area contributed by atoms with Crippen LogP contribution in [0.1, 0.15) is 114 Å². The maximum atomic E-state index is 13.5. The second-order valence-electron chi connectivity index (χ2n) is 16.8. The van der Waals surface area contributed by atoms with Gasteiger partial charge in [0.1, 0.15) is 5.78 Å². The van der Waals surface area contributed by atoms with Crippen LogP contribution in [-0.4, -0.2) is 17.7 Å². The van der Waals surface area contributed by atoms with Crippen molar-refractivity contribution in [2.24, 2.45) is 81.3 Å². The molecule has 0 aromatic rings. The van der Waals surface area contributed by atoms with Crippen LogP contribution in [0.25, 0.3) is 0 Å². The lowest BCUT2D eigenvalue weighted by atomic mass is 9.53. The van der Waals surface area contributed by atoms with Gasteiger partial charge in [-0.3, -0.25) is 14.4 Å². The van der Waals surface area contributed by atoms with E-state index in [1.165, 1.54) is 12.8 Å². The Hall–Kier alpha value is -1.19. The number of ether oxygens (including phenoxy) is 1. The van der Waals surface area contributed by atoms with Gasteiger partial charge in [0.15, 0.2) is 0 Å². The fourth-order valence-electron chi connectivity index (χ4n) is 11.2. The largest absolute Gasteiger partial charge is 0.393 e. The first-order valence-electron chi connectivity index (χ1n) is 15.9. The van der Waals surface area contributed by atoms with Crippen molar-refractivity contribution in [2.75, 3.05) is 0 Å². The van der Waals surface area contributed by atoms with Crippen LogP contribution in [0.3, 0.4) is 0 Å². The summed E-state index contributed by atoms with van der Waals surface area (Å²) in [5, 5.41) is 0. The number of hydrogen-bond acceptors (Lipinski definition) is 4. The first-order valence-corrected chi connectivity index (χ1v) is 15.9. The zero-order valence-corrected chi connectivity index (χ0v) is 25.6. The zero-order valence-electron chi connectivity index (χ0n) is 25.6. The van der Waals surface area contributed by atoms with Gasteiger partial charge in [-0.1, -0.05) is 75.2 Å². The number of cyclic esters (lactones) is 2. The fourth-order valence-corrected chi connectivity index (χ4v) is 11.2. The summed E-state index contributed by atoms with van der Waals surface area (Å²) in [5.74, 6) is 4.47. The van der Waals surface area contributed by atoms with Crippen LogP contribution in [0.15, 0.2) is 0 Å².